The molecule has 0 radical (unpaired) electrons. The summed E-state index contributed by atoms with van der Waals surface area (Å²) in [6.45, 7) is 1.41. The van der Waals surface area contributed by atoms with Crippen LogP contribution in [0.5, 0.6) is 5.75 Å². The van der Waals surface area contributed by atoms with Gasteiger partial charge >= 0.3 is 5.97 Å². The van der Waals surface area contributed by atoms with Crippen molar-refractivity contribution in [1.29, 1.82) is 5.26 Å². The first-order chi connectivity index (χ1) is 12.9. The van der Waals surface area contributed by atoms with Gasteiger partial charge in [0.2, 0.25) is 0 Å². The zero-order valence-electron chi connectivity index (χ0n) is 14.1. The van der Waals surface area contributed by atoms with Gasteiger partial charge in [0.05, 0.1) is 26.7 Å². The Morgan fingerprint density at radius 3 is 2.67 bits per heavy atom. The number of halogens is 2. The maximum absolute atomic E-state index is 10.6. The van der Waals surface area contributed by atoms with Crippen LogP contribution in [0.3, 0.4) is 0 Å². The fraction of sp³-hybridized carbons (Fsp3) is 0.105. The van der Waals surface area contributed by atoms with Crippen LogP contribution in [0.15, 0.2) is 30.3 Å². The summed E-state index contributed by atoms with van der Waals surface area (Å²) in [5.74, 6) is -0.634. The number of aryl methyl sites for hydroxylation is 1. The topological polar surface area (TPSA) is 99.0 Å². The average Bonchev–Trinajstić information content (AvgIpc) is 3.01. The predicted octanol–water partition coefficient (Wildman–Crippen LogP) is 4.71. The van der Waals surface area contributed by atoms with Crippen molar-refractivity contribution in [2.24, 2.45) is 0 Å². The van der Waals surface area contributed by atoms with Crippen molar-refractivity contribution in [3.8, 4) is 11.8 Å². The molecule has 0 saturated heterocycles. The molecule has 0 amide bonds. The van der Waals surface area contributed by atoms with E-state index in [9.17, 15) is 10.1 Å². The number of rotatable bonds is 5. The van der Waals surface area contributed by atoms with E-state index < -0.39 is 12.6 Å². The molecule has 1 aromatic heterocycles. The molecular formula is C19H13Cl2N3O3. The molecule has 1 heterocycles. The number of hydrogen-bond donors (Lipinski definition) is 2. The van der Waals surface area contributed by atoms with Crippen LogP contribution in [0.25, 0.3) is 22.7 Å². The maximum atomic E-state index is 10.6. The van der Waals surface area contributed by atoms with Crippen molar-refractivity contribution in [3.63, 3.8) is 0 Å². The molecule has 0 spiro atoms. The third-order valence-electron chi connectivity index (χ3n) is 3.68. The number of aromatic nitrogens is 2. The summed E-state index contributed by atoms with van der Waals surface area (Å²) in [6.07, 6.45) is 1.59. The number of benzene rings is 2. The first-order valence-corrected chi connectivity index (χ1v) is 8.55. The number of nitriles is 1. The van der Waals surface area contributed by atoms with E-state index in [0.717, 1.165) is 16.6 Å². The van der Waals surface area contributed by atoms with E-state index in [1.807, 2.05) is 25.1 Å². The fourth-order valence-electron chi connectivity index (χ4n) is 2.51. The molecule has 3 aromatic rings. The van der Waals surface area contributed by atoms with Gasteiger partial charge in [-0.2, -0.15) is 5.26 Å². The molecule has 3 rings (SSSR count). The third-order valence-corrected chi connectivity index (χ3v) is 4.25. The zero-order valence-corrected chi connectivity index (χ0v) is 15.6. The largest absolute Gasteiger partial charge is 0.479 e. The molecule has 2 aromatic carbocycles. The summed E-state index contributed by atoms with van der Waals surface area (Å²) in [5, 5.41) is 18.5. The van der Waals surface area contributed by atoms with Gasteiger partial charge in [0.1, 0.15) is 11.9 Å². The quantitative estimate of drug-likeness (QED) is 0.603. The zero-order chi connectivity index (χ0) is 19.6. The van der Waals surface area contributed by atoms with Crippen molar-refractivity contribution in [2.45, 2.75) is 6.92 Å². The Morgan fingerprint density at radius 1 is 1.33 bits per heavy atom. The van der Waals surface area contributed by atoms with E-state index >= 15 is 0 Å². The van der Waals surface area contributed by atoms with Crippen LogP contribution >= 0.6 is 23.2 Å². The highest BCUT2D eigenvalue weighted by atomic mass is 35.5. The number of nitrogens with zero attached hydrogens (tertiary/aromatic N) is 2. The minimum atomic E-state index is -1.14. The lowest BCUT2D eigenvalue weighted by molar-refractivity contribution is -0.139. The van der Waals surface area contributed by atoms with Crippen LogP contribution in [-0.4, -0.2) is 27.7 Å². The minimum Gasteiger partial charge on any atom is -0.479 e. The number of nitrogens with one attached hydrogen (secondary N) is 1. The van der Waals surface area contributed by atoms with Gasteiger partial charge in [0, 0.05) is 0 Å². The maximum Gasteiger partial charge on any atom is 0.341 e. The Hall–Kier alpha value is -3.01. The number of carboxylic acid groups (broad SMARTS) is 1. The van der Waals surface area contributed by atoms with Gasteiger partial charge in [-0.1, -0.05) is 29.3 Å². The second-order valence-electron chi connectivity index (χ2n) is 5.77. The molecule has 27 heavy (non-hydrogen) atoms. The summed E-state index contributed by atoms with van der Waals surface area (Å²) in [4.78, 5) is 18.2. The Bertz CT molecular complexity index is 1090. The summed E-state index contributed by atoms with van der Waals surface area (Å²) < 4.78 is 5.08. The number of aromatic amines is 1. The molecule has 0 aliphatic rings. The molecule has 0 saturated carbocycles. The number of allylic oxidation sites excluding steroid dienone is 1. The molecule has 6 nitrogen and oxygen atoms in total. The van der Waals surface area contributed by atoms with Crippen molar-refractivity contribution in [1.82, 2.24) is 9.97 Å². The molecular weight excluding hydrogens is 389 g/mol. The number of imidazole rings is 1. The first-order valence-electron chi connectivity index (χ1n) is 7.79. The molecule has 8 heteroatoms. The highest BCUT2D eigenvalue weighted by molar-refractivity contribution is 6.37. The first kappa shape index (κ1) is 18.8. The van der Waals surface area contributed by atoms with E-state index in [0.29, 0.717) is 17.0 Å². The van der Waals surface area contributed by atoms with Crippen LogP contribution in [0, 0.1) is 18.3 Å². The summed E-state index contributed by atoms with van der Waals surface area (Å²) in [5.41, 5.74) is 3.52. The van der Waals surface area contributed by atoms with Crippen molar-refractivity contribution in [3.05, 3.63) is 57.3 Å². The highest BCUT2D eigenvalue weighted by Gasteiger charge is 2.13. The van der Waals surface area contributed by atoms with E-state index in [1.165, 1.54) is 12.1 Å². The second kappa shape index (κ2) is 7.70. The third kappa shape index (κ3) is 4.22. The van der Waals surface area contributed by atoms with E-state index in [2.05, 4.69) is 16.0 Å². The van der Waals surface area contributed by atoms with Gasteiger partial charge in [0.15, 0.2) is 12.4 Å². The van der Waals surface area contributed by atoms with Gasteiger partial charge in [-0.05, 0) is 48.4 Å². The average molecular weight is 402 g/mol. The fourth-order valence-corrected chi connectivity index (χ4v) is 3.12. The Balaban J connectivity index is 1.97. The predicted molar refractivity (Wildman–Crippen MR) is 104 cm³/mol. The Kier molecular flexibility index (Phi) is 5.36. The van der Waals surface area contributed by atoms with Crippen molar-refractivity contribution in [2.75, 3.05) is 6.61 Å². The van der Waals surface area contributed by atoms with Crippen LogP contribution in [-0.2, 0) is 4.79 Å². The number of H-pyrrole nitrogens is 1. The minimum absolute atomic E-state index is 0.0793. The molecule has 0 unspecified atom stereocenters. The normalized spacial score (nSPS) is 11.4. The van der Waals surface area contributed by atoms with Crippen LogP contribution in [0.1, 0.15) is 17.0 Å². The lowest BCUT2D eigenvalue weighted by Gasteiger charge is -2.09. The second-order valence-corrected chi connectivity index (χ2v) is 6.59. The van der Waals surface area contributed by atoms with Crippen molar-refractivity contribution >= 4 is 51.9 Å². The lowest BCUT2D eigenvalue weighted by Crippen LogP contribution is -2.10. The molecule has 0 atom stereocenters. The van der Waals surface area contributed by atoms with Crippen molar-refractivity contribution < 1.29 is 14.6 Å². The number of carboxylic acids is 1. The van der Waals surface area contributed by atoms with Crippen LogP contribution in [0.2, 0.25) is 10.0 Å². The Morgan fingerprint density at radius 2 is 2.04 bits per heavy atom. The van der Waals surface area contributed by atoms with Gasteiger partial charge in [-0.15, -0.1) is 0 Å². The summed E-state index contributed by atoms with van der Waals surface area (Å²) >= 11 is 12.3. The van der Waals surface area contributed by atoms with Gasteiger partial charge in [0.25, 0.3) is 0 Å². The lowest BCUT2D eigenvalue weighted by atomic mass is 10.1. The van der Waals surface area contributed by atoms with E-state index in [1.54, 1.807) is 6.08 Å². The van der Waals surface area contributed by atoms with Gasteiger partial charge in [-0.25, -0.2) is 9.78 Å². The molecule has 0 aliphatic carbocycles. The number of aliphatic carboxylic acids is 1. The number of hydrogen-bond acceptors (Lipinski definition) is 4. The van der Waals surface area contributed by atoms with Gasteiger partial charge < -0.3 is 14.8 Å². The van der Waals surface area contributed by atoms with E-state index in [-0.39, 0.29) is 15.8 Å². The number of ether oxygens (including phenoxy) is 1. The van der Waals surface area contributed by atoms with Crippen LogP contribution in [0.4, 0.5) is 0 Å². The molecule has 0 fully saturated rings. The number of fused-ring (bicyclic) bond motifs is 1. The smallest absolute Gasteiger partial charge is 0.341 e. The SMILES string of the molecule is Cc1ccc2nc(C(C#N)=Cc3cc(Cl)c(OCC(=O)O)c(Cl)c3)[nH]c2c1. The monoisotopic (exact) mass is 401 g/mol. The number of carbonyl (C=O) groups is 1. The van der Waals surface area contributed by atoms with E-state index in [4.69, 9.17) is 33.0 Å². The molecule has 2 N–H and O–H groups in total. The molecule has 136 valence electrons. The molecule has 0 bridgehead atoms. The standard InChI is InChI=1S/C19H13Cl2N3O3/c1-10-2-3-15-16(4-10)24-19(23-15)12(8-22)5-11-6-13(20)18(14(21)7-11)27-9-17(25)26/h2-7H,9H2,1H3,(H,23,24)(H,25,26). The highest BCUT2D eigenvalue weighted by Crippen LogP contribution is 2.35. The molecule has 0 aliphatic heterocycles. The van der Waals surface area contributed by atoms with Crippen LogP contribution < -0.4 is 4.74 Å². The Labute approximate surface area is 164 Å². The van der Waals surface area contributed by atoms with Gasteiger partial charge in [-0.3, -0.25) is 0 Å². The summed E-state index contributed by atoms with van der Waals surface area (Å²) in [7, 11) is 0. The summed E-state index contributed by atoms with van der Waals surface area (Å²) in [6, 6.07) is 10.9.